The first kappa shape index (κ1) is 10.4. The highest BCUT2D eigenvalue weighted by Gasteiger charge is 2.25. The van der Waals surface area contributed by atoms with Crippen molar-refractivity contribution in [3.63, 3.8) is 0 Å². The SMILES string of the molecule is CCC1C=CC([SH](=O)=O)=C2C=CC=CC21. The topological polar surface area (TPSA) is 34.1 Å². The van der Waals surface area contributed by atoms with Gasteiger partial charge in [-0.05, 0) is 24.0 Å². The summed E-state index contributed by atoms with van der Waals surface area (Å²) < 4.78 is 22.1. The van der Waals surface area contributed by atoms with Crippen LogP contribution in [0, 0.1) is 11.8 Å². The molecular formula is C12H14O2S. The van der Waals surface area contributed by atoms with Gasteiger partial charge in [-0.2, -0.15) is 0 Å². The largest absolute Gasteiger partial charge is 0.227 e. The molecule has 3 heteroatoms. The highest BCUT2D eigenvalue weighted by atomic mass is 32.2. The number of thiol groups is 1. The van der Waals surface area contributed by atoms with E-state index in [0.29, 0.717) is 10.8 Å². The second kappa shape index (κ2) is 4.19. The van der Waals surface area contributed by atoms with Crippen LogP contribution in [-0.2, 0) is 10.7 Å². The summed E-state index contributed by atoms with van der Waals surface area (Å²) in [7, 11) is -2.48. The number of rotatable bonds is 2. The van der Waals surface area contributed by atoms with Crippen LogP contribution in [0.2, 0.25) is 0 Å². The van der Waals surface area contributed by atoms with Crippen LogP contribution in [0.25, 0.3) is 0 Å². The fourth-order valence-corrected chi connectivity index (χ4v) is 2.82. The van der Waals surface area contributed by atoms with Gasteiger partial charge in [0.25, 0.3) is 0 Å². The molecule has 80 valence electrons. The first-order chi connectivity index (χ1) is 7.24. The van der Waals surface area contributed by atoms with Crippen LogP contribution < -0.4 is 0 Å². The van der Waals surface area contributed by atoms with Crippen molar-refractivity contribution in [2.75, 3.05) is 0 Å². The fraction of sp³-hybridized carbons (Fsp3) is 0.333. The van der Waals surface area contributed by atoms with Gasteiger partial charge in [0.15, 0.2) is 10.7 Å². The molecule has 2 unspecified atom stereocenters. The monoisotopic (exact) mass is 222 g/mol. The molecule has 0 aromatic rings. The predicted molar refractivity (Wildman–Crippen MR) is 62.0 cm³/mol. The zero-order chi connectivity index (χ0) is 10.8. The Morgan fingerprint density at radius 1 is 1.20 bits per heavy atom. The lowest BCUT2D eigenvalue weighted by Gasteiger charge is -2.27. The van der Waals surface area contributed by atoms with E-state index in [0.717, 1.165) is 12.0 Å². The minimum Gasteiger partial charge on any atom is -0.227 e. The molecule has 0 aromatic carbocycles. The summed E-state index contributed by atoms with van der Waals surface area (Å²) >= 11 is 0. The molecule has 0 amide bonds. The van der Waals surface area contributed by atoms with Crippen molar-refractivity contribution in [1.29, 1.82) is 0 Å². The molecule has 0 saturated heterocycles. The van der Waals surface area contributed by atoms with Gasteiger partial charge in [0.1, 0.15) is 0 Å². The molecule has 0 saturated carbocycles. The van der Waals surface area contributed by atoms with E-state index >= 15 is 0 Å². The molecule has 2 rings (SSSR count). The molecule has 2 aliphatic rings. The van der Waals surface area contributed by atoms with Crippen molar-refractivity contribution in [2.24, 2.45) is 11.8 Å². The number of hydrogen-bond acceptors (Lipinski definition) is 2. The van der Waals surface area contributed by atoms with Gasteiger partial charge in [-0.1, -0.05) is 37.3 Å². The van der Waals surface area contributed by atoms with Crippen molar-refractivity contribution in [3.8, 4) is 0 Å². The number of allylic oxidation sites excluding steroid dienone is 7. The molecule has 0 fully saturated rings. The third kappa shape index (κ3) is 1.84. The highest BCUT2D eigenvalue weighted by molar-refractivity contribution is 7.77. The van der Waals surface area contributed by atoms with Crippen LogP contribution in [0.1, 0.15) is 13.3 Å². The van der Waals surface area contributed by atoms with Crippen LogP contribution in [0.3, 0.4) is 0 Å². The lowest BCUT2D eigenvalue weighted by Crippen LogP contribution is -2.18. The summed E-state index contributed by atoms with van der Waals surface area (Å²) in [5, 5.41) is 0. The summed E-state index contributed by atoms with van der Waals surface area (Å²) in [5.41, 5.74) is 0.947. The van der Waals surface area contributed by atoms with Crippen LogP contribution in [-0.4, -0.2) is 8.42 Å². The lowest BCUT2D eigenvalue weighted by atomic mass is 9.78. The van der Waals surface area contributed by atoms with Crippen molar-refractivity contribution in [3.05, 3.63) is 46.9 Å². The fourth-order valence-electron chi connectivity index (χ4n) is 2.17. The maximum atomic E-state index is 11.1. The predicted octanol–water partition coefficient (Wildman–Crippen LogP) is 2.19. The number of hydrogen-bond donors (Lipinski definition) is 1. The average molecular weight is 222 g/mol. The first-order valence-corrected chi connectivity index (χ1v) is 6.33. The van der Waals surface area contributed by atoms with Gasteiger partial charge in [-0.3, -0.25) is 0 Å². The van der Waals surface area contributed by atoms with Crippen LogP contribution in [0.15, 0.2) is 46.9 Å². The summed E-state index contributed by atoms with van der Waals surface area (Å²) in [4.78, 5) is 0.473. The minimum atomic E-state index is -2.48. The molecule has 2 atom stereocenters. The Bertz CT molecular complexity index is 442. The van der Waals surface area contributed by atoms with E-state index in [1.165, 1.54) is 0 Å². The van der Waals surface area contributed by atoms with Gasteiger partial charge < -0.3 is 0 Å². The maximum absolute atomic E-state index is 11.1. The van der Waals surface area contributed by atoms with Crippen molar-refractivity contribution in [1.82, 2.24) is 0 Å². The number of fused-ring (bicyclic) bond motifs is 1. The Labute approximate surface area is 91.6 Å². The van der Waals surface area contributed by atoms with Gasteiger partial charge in [-0.15, -0.1) is 0 Å². The van der Waals surface area contributed by atoms with E-state index < -0.39 is 10.7 Å². The molecule has 0 spiro atoms. The van der Waals surface area contributed by atoms with Gasteiger partial charge >= 0.3 is 0 Å². The van der Waals surface area contributed by atoms with Crippen molar-refractivity contribution >= 4 is 10.7 Å². The van der Waals surface area contributed by atoms with Crippen molar-refractivity contribution < 1.29 is 8.42 Å². The highest BCUT2D eigenvalue weighted by Crippen LogP contribution is 2.35. The molecule has 0 radical (unpaired) electrons. The van der Waals surface area contributed by atoms with Crippen LogP contribution in [0.5, 0.6) is 0 Å². The lowest BCUT2D eigenvalue weighted by molar-refractivity contribution is 0.514. The smallest absolute Gasteiger partial charge is 0.168 e. The molecule has 0 bridgehead atoms. The molecule has 2 nitrogen and oxygen atoms in total. The van der Waals surface area contributed by atoms with E-state index in [-0.39, 0.29) is 5.92 Å². The van der Waals surface area contributed by atoms with Crippen LogP contribution >= 0.6 is 0 Å². The third-order valence-electron chi connectivity index (χ3n) is 2.99. The molecule has 2 aliphatic carbocycles. The molecular weight excluding hydrogens is 208 g/mol. The van der Waals surface area contributed by atoms with E-state index in [9.17, 15) is 8.42 Å². The van der Waals surface area contributed by atoms with Crippen LogP contribution in [0.4, 0.5) is 0 Å². The van der Waals surface area contributed by atoms with E-state index in [2.05, 4.69) is 13.0 Å². The minimum absolute atomic E-state index is 0.243. The summed E-state index contributed by atoms with van der Waals surface area (Å²) in [5.74, 6) is 0.674. The molecule has 0 aromatic heterocycles. The maximum Gasteiger partial charge on any atom is 0.168 e. The Balaban J connectivity index is 2.49. The summed E-state index contributed by atoms with van der Waals surface area (Å²) in [6.45, 7) is 2.13. The standard InChI is InChI=1S/C12H14O2S/c1-2-9-7-8-12(15(13)14)11-6-4-3-5-10(9)11/h3-10,15H,2H2,1H3. The first-order valence-electron chi connectivity index (χ1n) is 5.15. The third-order valence-corrected chi connectivity index (χ3v) is 3.79. The summed E-state index contributed by atoms with van der Waals surface area (Å²) in [6, 6.07) is 0. The zero-order valence-corrected chi connectivity index (χ0v) is 9.48. The normalized spacial score (nSPS) is 28.7. The second-order valence-corrected chi connectivity index (χ2v) is 4.79. The van der Waals surface area contributed by atoms with Gasteiger partial charge in [0.05, 0.1) is 4.91 Å². The van der Waals surface area contributed by atoms with Gasteiger partial charge in [-0.25, -0.2) is 8.42 Å². The second-order valence-electron chi connectivity index (χ2n) is 3.80. The molecule has 0 N–H and O–H groups in total. The Hall–Kier alpha value is -1.09. The van der Waals surface area contributed by atoms with Gasteiger partial charge in [0.2, 0.25) is 0 Å². The molecule has 0 heterocycles. The Morgan fingerprint density at radius 2 is 2.00 bits per heavy atom. The Kier molecular flexibility index (Phi) is 2.91. The average Bonchev–Trinajstić information content (AvgIpc) is 2.27. The Morgan fingerprint density at radius 3 is 2.67 bits per heavy atom. The van der Waals surface area contributed by atoms with Crippen molar-refractivity contribution in [2.45, 2.75) is 13.3 Å². The van der Waals surface area contributed by atoms with E-state index in [1.807, 2.05) is 24.3 Å². The quantitative estimate of drug-likeness (QED) is 0.727. The van der Waals surface area contributed by atoms with Gasteiger partial charge in [0, 0.05) is 5.92 Å². The van der Waals surface area contributed by atoms with E-state index in [1.54, 1.807) is 6.08 Å². The summed E-state index contributed by atoms with van der Waals surface area (Å²) in [6.07, 6.45) is 12.7. The molecule has 15 heavy (non-hydrogen) atoms. The zero-order valence-electron chi connectivity index (χ0n) is 8.59. The van der Waals surface area contributed by atoms with E-state index in [4.69, 9.17) is 0 Å². The molecule has 0 aliphatic heterocycles.